The number of carbonyl (C=O) groups is 2. The van der Waals surface area contributed by atoms with Crippen molar-refractivity contribution in [3.63, 3.8) is 0 Å². The number of para-hydroxylation sites is 1. The lowest BCUT2D eigenvalue weighted by atomic mass is 9.90. The molecule has 0 fully saturated rings. The summed E-state index contributed by atoms with van der Waals surface area (Å²) < 4.78 is 0. The Morgan fingerprint density at radius 1 is 1.23 bits per heavy atom. The summed E-state index contributed by atoms with van der Waals surface area (Å²) in [5, 5.41) is 9.19. The summed E-state index contributed by atoms with van der Waals surface area (Å²) in [4.78, 5) is 34.5. The predicted octanol–water partition coefficient (Wildman–Crippen LogP) is 1.37. The van der Waals surface area contributed by atoms with Gasteiger partial charge < -0.3 is 20.9 Å². The first-order chi connectivity index (χ1) is 14.6. The topological polar surface area (TPSA) is 98.7 Å². The Hall–Kier alpha value is -3.42. The van der Waals surface area contributed by atoms with Crippen LogP contribution in [0.4, 0.5) is 5.69 Å². The van der Waals surface area contributed by atoms with Crippen LogP contribution in [0.25, 0.3) is 0 Å². The minimum Gasteiger partial charge on any atom is -0.356 e. The molecule has 2 amide bonds. The van der Waals surface area contributed by atoms with Crippen LogP contribution in [0, 0.1) is 0 Å². The van der Waals surface area contributed by atoms with E-state index in [1.54, 1.807) is 25.2 Å². The van der Waals surface area contributed by atoms with E-state index in [2.05, 4.69) is 25.9 Å². The van der Waals surface area contributed by atoms with Crippen LogP contribution in [0.5, 0.6) is 0 Å². The van der Waals surface area contributed by atoms with E-state index in [4.69, 9.17) is 0 Å². The number of nitrogens with one attached hydrogen (secondary N) is 3. The molecule has 3 N–H and O–H groups in total. The van der Waals surface area contributed by atoms with Gasteiger partial charge in [-0.1, -0.05) is 24.3 Å². The van der Waals surface area contributed by atoms with Crippen molar-refractivity contribution in [2.45, 2.75) is 18.8 Å². The highest BCUT2D eigenvalue weighted by Crippen LogP contribution is 2.31. The third-order valence-corrected chi connectivity index (χ3v) is 5.11. The summed E-state index contributed by atoms with van der Waals surface area (Å²) in [6, 6.07) is 13.6. The molecule has 1 atom stereocenters. The van der Waals surface area contributed by atoms with Crippen LogP contribution in [0.2, 0.25) is 0 Å². The molecule has 8 heteroatoms. The molecule has 1 aliphatic rings. The first kappa shape index (κ1) is 21.3. The number of anilines is 1. The number of nitrogens with zero attached hydrogens (tertiary/aromatic N) is 3. The average molecular weight is 409 g/mol. The number of hydrogen-bond donors (Lipinski definition) is 3. The SMILES string of the molecule is CN=C(NCC(=O)N(C)CCc1ccccn1)NCC1CC(=O)Nc2ccccc21. The van der Waals surface area contributed by atoms with Crippen LogP contribution in [-0.4, -0.2) is 61.4 Å². The predicted molar refractivity (Wildman–Crippen MR) is 117 cm³/mol. The molecule has 30 heavy (non-hydrogen) atoms. The van der Waals surface area contributed by atoms with Crippen LogP contribution in [0.15, 0.2) is 53.7 Å². The fourth-order valence-electron chi connectivity index (χ4n) is 3.37. The van der Waals surface area contributed by atoms with Crippen molar-refractivity contribution in [1.82, 2.24) is 20.5 Å². The second-order valence-electron chi connectivity index (χ2n) is 7.23. The lowest BCUT2D eigenvalue weighted by Gasteiger charge is -2.26. The van der Waals surface area contributed by atoms with Gasteiger partial charge in [0.1, 0.15) is 0 Å². The zero-order valence-electron chi connectivity index (χ0n) is 17.4. The van der Waals surface area contributed by atoms with E-state index >= 15 is 0 Å². The third kappa shape index (κ3) is 5.79. The number of benzene rings is 1. The first-order valence-electron chi connectivity index (χ1n) is 10.0. The van der Waals surface area contributed by atoms with Gasteiger partial charge in [-0.3, -0.25) is 19.6 Å². The van der Waals surface area contributed by atoms with E-state index in [0.717, 1.165) is 16.9 Å². The molecule has 3 rings (SSSR count). The van der Waals surface area contributed by atoms with Crippen molar-refractivity contribution in [3.05, 3.63) is 59.9 Å². The highest BCUT2D eigenvalue weighted by atomic mass is 16.2. The second-order valence-corrected chi connectivity index (χ2v) is 7.23. The van der Waals surface area contributed by atoms with Crippen LogP contribution in [-0.2, 0) is 16.0 Å². The van der Waals surface area contributed by atoms with E-state index in [-0.39, 0.29) is 24.3 Å². The Labute approximate surface area is 176 Å². The van der Waals surface area contributed by atoms with Crippen molar-refractivity contribution in [1.29, 1.82) is 0 Å². The molecule has 1 aromatic heterocycles. The van der Waals surface area contributed by atoms with Gasteiger partial charge >= 0.3 is 0 Å². The fourth-order valence-corrected chi connectivity index (χ4v) is 3.37. The normalized spacial score (nSPS) is 15.7. The first-order valence-corrected chi connectivity index (χ1v) is 10.0. The van der Waals surface area contributed by atoms with E-state index in [0.29, 0.717) is 31.9 Å². The molecule has 0 bridgehead atoms. The number of aromatic nitrogens is 1. The van der Waals surface area contributed by atoms with Gasteiger partial charge in [0, 0.05) is 63.5 Å². The lowest BCUT2D eigenvalue weighted by molar-refractivity contribution is -0.128. The highest BCUT2D eigenvalue weighted by Gasteiger charge is 2.24. The summed E-state index contributed by atoms with van der Waals surface area (Å²) in [5.41, 5.74) is 2.91. The van der Waals surface area contributed by atoms with Crippen LogP contribution in [0.1, 0.15) is 23.6 Å². The molecule has 2 aromatic rings. The minimum atomic E-state index is -0.0312. The summed E-state index contributed by atoms with van der Waals surface area (Å²) in [6.07, 6.45) is 2.87. The molecule has 0 saturated carbocycles. The second kappa shape index (κ2) is 10.4. The molecule has 1 aliphatic heterocycles. The molecule has 8 nitrogen and oxygen atoms in total. The van der Waals surface area contributed by atoms with Gasteiger partial charge in [-0.05, 0) is 23.8 Å². The number of guanidine groups is 1. The maximum atomic E-state index is 12.4. The van der Waals surface area contributed by atoms with Gasteiger partial charge in [-0.15, -0.1) is 0 Å². The third-order valence-electron chi connectivity index (χ3n) is 5.11. The number of amides is 2. The molecule has 1 unspecified atom stereocenters. The van der Waals surface area contributed by atoms with E-state index < -0.39 is 0 Å². The standard InChI is InChI=1S/C22H28N6O2/c1-23-22(25-14-16-13-20(29)27-19-9-4-3-8-18(16)19)26-15-21(30)28(2)12-10-17-7-5-6-11-24-17/h3-9,11,16H,10,12-15H2,1-2H3,(H,27,29)(H2,23,25,26). The Kier molecular flexibility index (Phi) is 7.37. The summed E-state index contributed by atoms with van der Waals surface area (Å²) >= 11 is 0. The molecule has 158 valence electrons. The van der Waals surface area contributed by atoms with Gasteiger partial charge in [-0.25, -0.2) is 0 Å². The van der Waals surface area contributed by atoms with Crippen LogP contribution in [0.3, 0.4) is 0 Å². The molecule has 1 aromatic carbocycles. The van der Waals surface area contributed by atoms with Crippen molar-refractivity contribution in [2.75, 3.05) is 39.0 Å². The molecule has 0 saturated heterocycles. The quantitative estimate of drug-likeness (QED) is 0.475. The van der Waals surface area contributed by atoms with E-state index in [9.17, 15) is 9.59 Å². The van der Waals surface area contributed by atoms with Crippen molar-refractivity contribution < 1.29 is 9.59 Å². The molecular formula is C22H28N6O2. The van der Waals surface area contributed by atoms with Crippen molar-refractivity contribution >= 4 is 23.5 Å². The number of hydrogen-bond acceptors (Lipinski definition) is 4. The number of aliphatic imine (C=N–C) groups is 1. The maximum Gasteiger partial charge on any atom is 0.241 e. The summed E-state index contributed by atoms with van der Waals surface area (Å²) in [6.45, 7) is 1.28. The largest absolute Gasteiger partial charge is 0.356 e. The smallest absolute Gasteiger partial charge is 0.241 e. The Bertz CT molecular complexity index is 900. The molecule has 2 heterocycles. The van der Waals surface area contributed by atoms with E-state index in [1.807, 2.05) is 42.5 Å². The molecule has 0 aliphatic carbocycles. The van der Waals surface area contributed by atoms with E-state index in [1.165, 1.54) is 0 Å². The number of fused-ring (bicyclic) bond motifs is 1. The Morgan fingerprint density at radius 3 is 2.80 bits per heavy atom. The minimum absolute atomic E-state index is 0.00755. The Balaban J connectivity index is 1.46. The number of carbonyl (C=O) groups excluding carboxylic acids is 2. The lowest BCUT2D eigenvalue weighted by Crippen LogP contribution is -2.45. The maximum absolute atomic E-state index is 12.4. The zero-order chi connectivity index (χ0) is 21.3. The zero-order valence-corrected chi connectivity index (χ0v) is 17.4. The van der Waals surface area contributed by atoms with Crippen molar-refractivity contribution in [3.8, 4) is 0 Å². The van der Waals surface area contributed by atoms with Gasteiger partial charge in [0.25, 0.3) is 0 Å². The highest BCUT2D eigenvalue weighted by molar-refractivity contribution is 5.95. The monoisotopic (exact) mass is 408 g/mol. The van der Waals surface area contributed by atoms with Crippen LogP contribution >= 0.6 is 0 Å². The number of rotatable bonds is 7. The average Bonchev–Trinajstić information content (AvgIpc) is 2.77. The van der Waals surface area contributed by atoms with Gasteiger partial charge in [0.05, 0.1) is 6.54 Å². The van der Waals surface area contributed by atoms with Crippen LogP contribution < -0.4 is 16.0 Å². The molecule has 0 spiro atoms. The molecular weight excluding hydrogens is 380 g/mol. The van der Waals surface area contributed by atoms with Crippen molar-refractivity contribution in [2.24, 2.45) is 4.99 Å². The number of likely N-dealkylation sites (N-methyl/N-ethyl adjacent to an activating group) is 1. The van der Waals surface area contributed by atoms with Gasteiger partial charge in [0.2, 0.25) is 11.8 Å². The Morgan fingerprint density at radius 2 is 2.03 bits per heavy atom. The number of pyridine rings is 1. The van der Waals surface area contributed by atoms with Gasteiger partial charge in [0.15, 0.2) is 5.96 Å². The molecule has 0 radical (unpaired) electrons. The fraction of sp³-hybridized carbons (Fsp3) is 0.364. The van der Waals surface area contributed by atoms with Gasteiger partial charge in [-0.2, -0.15) is 0 Å². The summed E-state index contributed by atoms with van der Waals surface area (Å²) in [5.74, 6) is 0.555. The summed E-state index contributed by atoms with van der Waals surface area (Å²) in [7, 11) is 3.44.